The van der Waals surface area contributed by atoms with Crippen LogP contribution >= 0.6 is 0 Å². The molecule has 1 aromatic rings. The number of amides is 1. The second-order valence-corrected chi connectivity index (χ2v) is 3.15. The normalized spacial score (nSPS) is 11.9. The Bertz CT molecular complexity index is 357. The third-order valence-electron chi connectivity index (χ3n) is 2.12. The highest BCUT2D eigenvalue weighted by molar-refractivity contribution is 5.66. The summed E-state index contributed by atoms with van der Waals surface area (Å²) in [5, 5.41) is 2.49. The minimum atomic E-state index is -0.543. The molecule has 0 saturated heterocycles. The van der Waals surface area contributed by atoms with Gasteiger partial charge in [0.25, 0.3) is 0 Å². The molecule has 0 fully saturated rings. The summed E-state index contributed by atoms with van der Waals surface area (Å²) in [6.45, 7) is 0.229. The van der Waals surface area contributed by atoms with Gasteiger partial charge >= 0.3 is 6.09 Å². The molecule has 0 radical (unpaired) electrons. The van der Waals surface area contributed by atoms with Crippen LogP contribution in [0.25, 0.3) is 0 Å². The van der Waals surface area contributed by atoms with Crippen LogP contribution < -0.4 is 5.32 Å². The second-order valence-electron chi connectivity index (χ2n) is 3.15. The first-order chi connectivity index (χ1) is 7.67. The molecule has 1 unspecified atom stereocenters. The Labute approximate surface area is 93.4 Å². The maximum atomic E-state index is 13.0. The van der Waals surface area contributed by atoms with Gasteiger partial charge in [-0.25, -0.2) is 9.18 Å². The highest BCUT2D eigenvalue weighted by atomic mass is 19.1. The zero-order chi connectivity index (χ0) is 12.0. The monoisotopic (exact) mass is 227 g/mol. The molecular formula is C11H14FNO3. The van der Waals surface area contributed by atoms with E-state index in [1.807, 2.05) is 0 Å². The highest BCUT2D eigenvalue weighted by Gasteiger charge is 2.12. The van der Waals surface area contributed by atoms with Crippen LogP contribution in [0, 0.1) is 5.82 Å². The Morgan fingerprint density at radius 2 is 2.25 bits per heavy atom. The summed E-state index contributed by atoms with van der Waals surface area (Å²) in [4.78, 5) is 10.9. The average molecular weight is 227 g/mol. The number of hydrogen-bond donors (Lipinski definition) is 1. The molecule has 0 spiro atoms. The van der Waals surface area contributed by atoms with E-state index in [4.69, 9.17) is 4.74 Å². The summed E-state index contributed by atoms with van der Waals surface area (Å²) in [5.74, 6) is -0.336. The maximum absolute atomic E-state index is 13.0. The minimum absolute atomic E-state index is 0.229. The van der Waals surface area contributed by atoms with Crippen molar-refractivity contribution in [1.82, 2.24) is 5.32 Å². The zero-order valence-corrected chi connectivity index (χ0v) is 9.20. The highest BCUT2D eigenvalue weighted by Crippen LogP contribution is 2.16. The van der Waals surface area contributed by atoms with Gasteiger partial charge in [0.05, 0.1) is 19.8 Å². The van der Waals surface area contributed by atoms with E-state index >= 15 is 0 Å². The molecule has 88 valence electrons. The molecule has 0 bridgehead atoms. The van der Waals surface area contributed by atoms with E-state index in [-0.39, 0.29) is 12.4 Å². The topological polar surface area (TPSA) is 47.6 Å². The quantitative estimate of drug-likeness (QED) is 0.854. The number of nitrogens with one attached hydrogen (secondary N) is 1. The van der Waals surface area contributed by atoms with Gasteiger partial charge in [0.2, 0.25) is 0 Å². The van der Waals surface area contributed by atoms with E-state index in [9.17, 15) is 9.18 Å². The largest absolute Gasteiger partial charge is 0.453 e. The molecule has 4 nitrogen and oxygen atoms in total. The summed E-state index contributed by atoms with van der Waals surface area (Å²) < 4.78 is 22.5. The van der Waals surface area contributed by atoms with Crippen LogP contribution in [-0.2, 0) is 9.47 Å². The van der Waals surface area contributed by atoms with Crippen LogP contribution in [0.5, 0.6) is 0 Å². The molecule has 0 aliphatic heterocycles. The van der Waals surface area contributed by atoms with Crippen molar-refractivity contribution >= 4 is 6.09 Å². The van der Waals surface area contributed by atoms with Crippen LogP contribution in [0.15, 0.2) is 24.3 Å². The Balaban J connectivity index is 2.64. The van der Waals surface area contributed by atoms with E-state index in [2.05, 4.69) is 10.1 Å². The van der Waals surface area contributed by atoms with Crippen molar-refractivity contribution in [2.75, 3.05) is 20.8 Å². The first kappa shape index (κ1) is 12.4. The van der Waals surface area contributed by atoms with Gasteiger partial charge in [-0.1, -0.05) is 12.1 Å². The van der Waals surface area contributed by atoms with Crippen molar-refractivity contribution in [2.24, 2.45) is 0 Å². The van der Waals surface area contributed by atoms with Crippen molar-refractivity contribution in [1.29, 1.82) is 0 Å². The summed E-state index contributed by atoms with van der Waals surface area (Å²) >= 11 is 0. The molecule has 0 aromatic heterocycles. The predicted molar refractivity (Wildman–Crippen MR) is 56.6 cm³/mol. The number of halogens is 1. The van der Waals surface area contributed by atoms with Gasteiger partial charge in [-0.15, -0.1) is 0 Å². The summed E-state index contributed by atoms with van der Waals surface area (Å²) in [6.07, 6.45) is -0.937. The first-order valence-electron chi connectivity index (χ1n) is 4.77. The van der Waals surface area contributed by atoms with E-state index in [1.54, 1.807) is 12.1 Å². The van der Waals surface area contributed by atoms with Crippen LogP contribution in [0.4, 0.5) is 9.18 Å². The number of rotatable bonds is 4. The first-order valence-corrected chi connectivity index (χ1v) is 4.77. The van der Waals surface area contributed by atoms with Gasteiger partial charge in [0.15, 0.2) is 0 Å². The fourth-order valence-corrected chi connectivity index (χ4v) is 1.29. The third kappa shape index (κ3) is 3.51. The van der Waals surface area contributed by atoms with Crippen molar-refractivity contribution in [3.8, 4) is 0 Å². The number of ether oxygens (including phenoxy) is 2. The van der Waals surface area contributed by atoms with Crippen molar-refractivity contribution in [2.45, 2.75) is 6.10 Å². The Morgan fingerprint density at radius 1 is 1.50 bits per heavy atom. The fraction of sp³-hybridized carbons (Fsp3) is 0.364. The molecule has 16 heavy (non-hydrogen) atoms. The molecule has 5 heteroatoms. The van der Waals surface area contributed by atoms with Crippen molar-refractivity contribution in [3.63, 3.8) is 0 Å². The molecule has 0 heterocycles. The van der Waals surface area contributed by atoms with Crippen molar-refractivity contribution in [3.05, 3.63) is 35.6 Å². The zero-order valence-electron chi connectivity index (χ0n) is 9.20. The van der Waals surface area contributed by atoms with Crippen LogP contribution in [0.1, 0.15) is 11.7 Å². The average Bonchev–Trinajstić information content (AvgIpc) is 2.29. The van der Waals surface area contributed by atoms with Gasteiger partial charge in [0.1, 0.15) is 5.82 Å². The molecule has 1 rings (SSSR count). The van der Waals surface area contributed by atoms with Gasteiger partial charge in [-0.2, -0.15) is 0 Å². The third-order valence-corrected chi connectivity index (χ3v) is 2.12. The maximum Gasteiger partial charge on any atom is 0.406 e. The molecular weight excluding hydrogens is 213 g/mol. The molecule has 1 aromatic carbocycles. The van der Waals surface area contributed by atoms with E-state index < -0.39 is 12.2 Å². The molecule has 0 saturated carbocycles. The lowest BCUT2D eigenvalue weighted by Gasteiger charge is -2.16. The van der Waals surface area contributed by atoms with Crippen LogP contribution in [-0.4, -0.2) is 26.9 Å². The van der Waals surface area contributed by atoms with E-state index in [0.29, 0.717) is 5.56 Å². The van der Waals surface area contributed by atoms with Crippen LogP contribution in [0.3, 0.4) is 0 Å². The lowest BCUT2D eigenvalue weighted by atomic mass is 10.1. The number of hydrogen-bond acceptors (Lipinski definition) is 3. The summed E-state index contributed by atoms with van der Waals surface area (Å²) in [5.41, 5.74) is 0.666. The Morgan fingerprint density at radius 3 is 2.81 bits per heavy atom. The Hall–Kier alpha value is -1.62. The van der Waals surface area contributed by atoms with Crippen molar-refractivity contribution < 1.29 is 18.7 Å². The molecule has 1 atom stereocenters. The van der Waals surface area contributed by atoms with Gasteiger partial charge < -0.3 is 14.8 Å². The number of carbonyl (C=O) groups excluding carboxylic acids is 1. The van der Waals surface area contributed by atoms with Gasteiger partial charge in [-0.3, -0.25) is 0 Å². The Kier molecular flexibility index (Phi) is 4.72. The van der Waals surface area contributed by atoms with E-state index in [1.165, 1.54) is 26.4 Å². The molecule has 0 aliphatic rings. The van der Waals surface area contributed by atoms with Gasteiger partial charge in [0, 0.05) is 7.11 Å². The predicted octanol–water partition coefficient (Wildman–Crippen LogP) is 1.87. The minimum Gasteiger partial charge on any atom is -0.453 e. The summed E-state index contributed by atoms with van der Waals surface area (Å²) in [6, 6.07) is 6.04. The molecule has 0 aliphatic carbocycles. The number of benzene rings is 1. The van der Waals surface area contributed by atoms with Gasteiger partial charge in [-0.05, 0) is 17.7 Å². The lowest BCUT2D eigenvalue weighted by Crippen LogP contribution is -2.28. The number of carbonyl (C=O) groups is 1. The van der Waals surface area contributed by atoms with E-state index in [0.717, 1.165) is 0 Å². The van der Waals surface area contributed by atoms with Crippen LogP contribution in [0.2, 0.25) is 0 Å². The number of alkyl carbamates (subject to hydrolysis) is 1. The molecule has 1 amide bonds. The number of methoxy groups -OCH3 is 2. The standard InChI is InChI=1S/C11H14FNO3/c1-15-10(7-13-11(14)16-2)8-4-3-5-9(12)6-8/h3-6,10H,7H2,1-2H3,(H,13,14). The SMILES string of the molecule is COC(=O)NCC(OC)c1cccc(F)c1. The second kappa shape index (κ2) is 6.07. The molecule has 1 N–H and O–H groups in total. The smallest absolute Gasteiger partial charge is 0.406 e. The summed E-state index contributed by atoms with van der Waals surface area (Å²) in [7, 11) is 2.77. The fourth-order valence-electron chi connectivity index (χ4n) is 1.29. The lowest BCUT2D eigenvalue weighted by molar-refractivity contribution is 0.0979.